The van der Waals surface area contributed by atoms with E-state index < -0.39 is 10.0 Å². The van der Waals surface area contributed by atoms with Crippen LogP contribution in [0.4, 0.5) is 17.5 Å². The number of aromatic amines is 1. The van der Waals surface area contributed by atoms with Crippen molar-refractivity contribution < 1.29 is 8.42 Å². The normalized spacial score (nSPS) is 14.2. The highest BCUT2D eigenvalue weighted by molar-refractivity contribution is 7.99. The highest BCUT2D eigenvalue weighted by Crippen LogP contribution is 2.32. The van der Waals surface area contributed by atoms with Crippen LogP contribution in [0.3, 0.4) is 0 Å². The summed E-state index contributed by atoms with van der Waals surface area (Å²) < 4.78 is 28.6. The minimum Gasteiger partial charge on any atom is -0.308 e. The molecule has 30 heavy (non-hydrogen) atoms. The van der Waals surface area contributed by atoms with Crippen molar-refractivity contribution in [2.24, 2.45) is 0 Å². The zero-order valence-corrected chi connectivity index (χ0v) is 17.7. The smallest absolute Gasteiger partial charge is 0.235 e. The molecule has 1 fully saturated rings. The molecule has 1 aliphatic carbocycles. The van der Waals surface area contributed by atoms with Gasteiger partial charge >= 0.3 is 0 Å². The molecule has 0 aliphatic heterocycles. The third-order valence-corrected chi connectivity index (χ3v) is 7.41. The monoisotopic (exact) mass is 441 g/mol. The molecule has 3 N–H and O–H groups in total. The Morgan fingerprint density at radius 3 is 2.70 bits per heavy atom. The number of anilines is 3. The molecule has 0 amide bonds. The van der Waals surface area contributed by atoms with Crippen LogP contribution in [-0.2, 0) is 10.0 Å². The van der Waals surface area contributed by atoms with Crippen molar-refractivity contribution in [3.63, 3.8) is 0 Å². The Balaban J connectivity index is 1.37. The lowest BCUT2D eigenvalue weighted by atomic mass is 10.3. The Morgan fingerprint density at radius 2 is 2.00 bits per heavy atom. The number of aryl methyl sites for hydroxylation is 1. The predicted molar refractivity (Wildman–Crippen MR) is 116 cm³/mol. The number of benzene rings is 1. The van der Waals surface area contributed by atoms with E-state index in [4.69, 9.17) is 4.98 Å². The van der Waals surface area contributed by atoms with Crippen molar-refractivity contribution in [3.05, 3.63) is 54.5 Å². The molecule has 1 aliphatic rings. The summed E-state index contributed by atoms with van der Waals surface area (Å²) in [6, 6.07) is 11.1. The van der Waals surface area contributed by atoms with Gasteiger partial charge in [0.25, 0.3) is 0 Å². The molecular weight excluding hydrogens is 422 g/mol. The Kier molecular flexibility index (Phi) is 4.63. The van der Waals surface area contributed by atoms with E-state index in [1.54, 1.807) is 18.3 Å². The summed E-state index contributed by atoms with van der Waals surface area (Å²) in [6.07, 6.45) is 5.02. The van der Waals surface area contributed by atoms with Gasteiger partial charge in [0.2, 0.25) is 16.0 Å². The fourth-order valence-electron chi connectivity index (χ4n) is 2.98. The molecule has 154 valence electrons. The van der Waals surface area contributed by atoms with E-state index in [0.29, 0.717) is 17.5 Å². The Bertz CT molecular complexity index is 1310. The fourth-order valence-corrected chi connectivity index (χ4v) is 5.17. The number of fused-ring (bicyclic) bond motifs is 1. The van der Waals surface area contributed by atoms with Crippen molar-refractivity contribution in [1.82, 2.24) is 24.6 Å². The molecule has 11 heteroatoms. The predicted octanol–water partition coefficient (Wildman–Crippen LogP) is 3.56. The maximum absolute atomic E-state index is 12.1. The van der Waals surface area contributed by atoms with E-state index in [9.17, 15) is 8.42 Å². The van der Waals surface area contributed by atoms with Gasteiger partial charge in [-0.05, 0) is 44.0 Å². The first-order chi connectivity index (χ1) is 14.5. The Hall–Kier alpha value is -3.05. The summed E-state index contributed by atoms with van der Waals surface area (Å²) in [5.41, 5.74) is 2.28. The van der Waals surface area contributed by atoms with E-state index >= 15 is 0 Å². The van der Waals surface area contributed by atoms with Gasteiger partial charge < -0.3 is 5.32 Å². The highest BCUT2D eigenvalue weighted by atomic mass is 32.2. The minimum absolute atomic E-state index is 0.249. The second kappa shape index (κ2) is 7.33. The van der Waals surface area contributed by atoms with Gasteiger partial charge in [-0.3, -0.25) is 14.2 Å². The quantitative estimate of drug-likeness (QED) is 0.375. The third-order valence-electron chi connectivity index (χ3n) is 4.61. The number of rotatable bonds is 7. The van der Waals surface area contributed by atoms with Crippen LogP contribution in [0.5, 0.6) is 0 Å². The Morgan fingerprint density at radius 1 is 1.20 bits per heavy atom. The number of nitrogens with one attached hydrogen (secondary N) is 3. The molecule has 0 saturated heterocycles. The average molecular weight is 442 g/mol. The summed E-state index contributed by atoms with van der Waals surface area (Å²) in [5.74, 6) is 1.28. The zero-order chi connectivity index (χ0) is 20.7. The number of hydrogen-bond donors (Lipinski definition) is 3. The van der Waals surface area contributed by atoms with E-state index in [1.807, 2.05) is 41.8 Å². The van der Waals surface area contributed by atoms with E-state index in [-0.39, 0.29) is 5.25 Å². The molecule has 0 bridgehead atoms. The number of imidazole rings is 1. The number of H-pyrrole nitrogens is 1. The molecular formula is C19H19N7O2S2. The van der Waals surface area contributed by atoms with Crippen molar-refractivity contribution in [2.75, 3.05) is 10.0 Å². The number of hydrogen-bond acceptors (Lipinski definition) is 7. The molecule has 9 nitrogen and oxygen atoms in total. The van der Waals surface area contributed by atoms with Crippen LogP contribution in [0.25, 0.3) is 5.65 Å². The van der Waals surface area contributed by atoms with Gasteiger partial charge in [0.15, 0.2) is 5.82 Å². The van der Waals surface area contributed by atoms with Gasteiger partial charge in [-0.25, -0.2) is 18.4 Å². The molecule has 3 heterocycles. The van der Waals surface area contributed by atoms with Crippen molar-refractivity contribution in [1.29, 1.82) is 0 Å². The summed E-state index contributed by atoms with van der Waals surface area (Å²) in [6.45, 7) is 1.93. The number of sulfonamides is 1. The second-order valence-corrected chi connectivity index (χ2v) is 10.2. The molecule has 0 radical (unpaired) electrons. The van der Waals surface area contributed by atoms with E-state index in [2.05, 4.69) is 25.2 Å². The maximum atomic E-state index is 12.1. The van der Waals surface area contributed by atoms with Gasteiger partial charge in [0.1, 0.15) is 10.7 Å². The molecule has 3 aromatic heterocycles. The van der Waals surface area contributed by atoms with E-state index in [0.717, 1.165) is 34.1 Å². The Labute approximate surface area is 177 Å². The molecule has 0 spiro atoms. The van der Waals surface area contributed by atoms with Gasteiger partial charge in [-0.15, -0.1) is 0 Å². The SMILES string of the molecule is Cc1cc(Nc2nc(Sc3ccc(NS(=O)(=O)C4CC4)cc3)cc3nccn23)n[nH]1. The lowest BCUT2D eigenvalue weighted by Gasteiger charge is -2.09. The molecule has 1 aromatic carbocycles. The summed E-state index contributed by atoms with van der Waals surface area (Å²) in [4.78, 5) is 10.0. The lowest BCUT2D eigenvalue weighted by Crippen LogP contribution is -2.17. The summed E-state index contributed by atoms with van der Waals surface area (Å²) in [5, 5.41) is 10.8. The number of aromatic nitrogens is 5. The average Bonchev–Trinajstić information content (AvgIpc) is 3.35. The van der Waals surface area contributed by atoms with Crippen LogP contribution in [0.2, 0.25) is 0 Å². The fraction of sp³-hybridized carbons (Fsp3) is 0.211. The van der Waals surface area contributed by atoms with Crippen LogP contribution in [0, 0.1) is 6.92 Å². The minimum atomic E-state index is -3.26. The topological polar surface area (TPSA) is 117 Å². The van der Waals surface area contributed by atoms with E-state index in [1.165, 1.54) is 11.8 Å². The molecule has 5 rings (SSSR count). The van der Waals surface area contributed by atoms with Crippen molar-refractivity contribution in [2.45, 2.75) is 34.9 Å². The standard InChI is InChI=1S/C19H19N7O2S2/c1-12-10-16(24-23-12)21-19-22-18(11-17-20-8-9-26(17)19)29-14-4-2-13(3-5-14)25-30(27,28)15-6-7-15/h2-5,8-11,15,25H,6-7H2,1H3,(H2,21,22,23,24). The largest absolute Gasteiger partial charge is 0.308 e. The van der Waals surface area contributed by atoms with Crippen LogP contribution >= 0.6 is 11.8 Å². The summed E-state index contributed by atoms with van der Waals surface area (Å²) in [7, 11) is -3.26. The molecule has 1 saturated carbocycles. The van der Waals surface area contributed by atoms with Gasteiger partial charge in [-0.1, -0.05) is 11.8 Å². The van der Waals surface area contributed by atoms with Crippen LogP contribution in [0.1, 0.15) is 18.5 Å². The van der Waals surface area contributed by atoms with Gasteiger partial charge in [0, 0.05) is 40.8 Å². The first-order valence-corrected chi connectivity index (χ1v) is 11.8. The van der Waals surface area contributed by atoms with Gasteiger partial charge in [-0.2, -0.15) is 5.10 Å². The molecule has 0 atom stereocenters. The maximum Gasteiger partial charge on any atom is 0.235 e. The summed E-state index contributed by atoms with van der Waals surface area (Å²) >= 11 is 1.47. The van der Waals surface area contributed by atoms with Crippen LogP contribution in [0.15, 0.2) is 58.7 Å². The third kappa shape index (κ3) is 3.98. The lowest BCUT2D eigenvalue weighted by molar-refractivity contribution is 0.600. The van der Waals surface area contributed by atoms with Crippen LogP contribution in [-0.4, -0.2) is 38.2 Å². The molecule has 4 aromatic rings. The van der Waals surface area contributed by atoms with Crippen molar-refractivity contribution in [3.8, 4) is 0 Å². The van der Waals surface area contributed by atoms with Gasteiger partial charge in [0.05, 0.1) is 5.25 Å². The first kappa shape index (κ1) is 18.9. The van der Waals surface area contributed by atoms with Crippen molar-refractivity contribution >= 4 is 44.9 Å². The first-order valence-electron chi connectivity index (χ1n) is 9.39. The van der Waals surface area contributed by atoms with Crippen LogP contribution < -0.4 is 10.0 Å². The zero-order valence-electron chi connectivity index (χ0n) is 16.0. The second-order valence-electron chi connectivity index (χ2n) is 7.11. The number of nitrogens with zero attached hydrogens (tertiary/aromatic N) is 4. The molecule has 0 unspecified atom stereocenters. The highest BCUT2D eigenvalue weighted by Gasteiger charge is 2.35.